The summed E-state index contributed by atoms with van der Waals surface area (Å²) in [7, 11) is -4.09. The Bertz CT molecular complexity index is 1380. The molecule has 0 bridgehead atoms. The average molecular weight is 679 g/mol. The summed E-state index contributed by atoms with van der Waals surface area (Å²) < 4.78 is 30.4. The zero-order valence-corrected chi connectivity index (χ0v) is 26.4. The van der Waals surface area contributed by atoms with E-state index in [-0.39, 0.29) is 23.3 Å². The first-order valence-electron chi connectivity index (χ1n) is 12.5. The van der Waals surface area contributed by atoms with E-state index in [0.717, 1.165) is 24.4 Å². The number of carbonyl (C=O) groups excluding carboxylic acids is 2. The lowest BCUT2D eigenvalue weighted by molar-refractivity contribution is -0.139. The fraction of sp³-hybridized carbons (Fsp3) is 0.310. The summed E-state index contributed by atoms with van der Waals surface area (Å²) in [5.74, 6) is -0.557. The van der Waals surface area contributed by atoms with Gasteiger partial charge in [0.05, 0.1) is 10.6 Å². The Kier molecular flexibility index (Phi) is 10.7. The normalized spacial score (nSPS) is 12.2. The van der Waals surface area contributed by atoms with Crippen LogP contribution in [0.1, 0.15) is 31.9 Å². The second-order valence-electron chi connectivity index (χ2n) is 9.76. The lowest BCUT2D eigenvalue weighted by Gasteiger charge is -2.32. The van der Waals surface area contributed by atoms with E-state index in [9.17, 15) is 18.0 Å². The predicted octanol–water partition coefficient (Wildman–Crippen LogP) is 5.90. The van der Waals surface area contributed by atoms with Crippen molar-refractivity contribution in [3.8, 4) is 0 Å². The highest BCUT2D eigenvalue weighted by atomic mass is 79.9. The molecule has 1 N–H and O–H groups in total. The first kappa shape index (κ1) is 30.8. The molecule has 0 saturated heterocycles. The van der Waals surface area contributed by atoms with Crippen LogP contribution >= 0.6 is 31.9 Å². The lowest BCUT2D eigenvalue weighted by Crippen LogP contribution is -2.51. The minimum absolute atomic E-state index is 0.0750. The molecule has 0 spiro atoms. The highest BCUT2D eigenvalue weighted by Gasteiger charge is 2.32. The number of benzene rings is 3. The van der Waals surface area contributed by atoms with Gasteiger partial charge in [0.2, 0.25) is 11.8 Å². The SMILES string of the molecule is Cc1ccc(S(=O)(=O)N(CC(=O)N(Cc2ccc(Br)cc2)[C@H](C)C(=O)NCC(C)C)c2ccc(Br)cc2)cc1. The van der Waals surface area contributed by atoms with Crippen molar-refractivity contribution in [2.75, 3.05) is 17.4 Å². The number of hydrogen-bond donors (Lipinski definition) is 1. The third-order valence-corrected chi connectivity index (χ3v) is 8.97. The number of nitrogens with one attached hydrogen (secondary N) is 1. The van der Waals surface area contributed by atoms with Crippen LogP contribution in [-0.2, 0) is 26.2 Å². The monoisotopic (exact) mass is 677 g/mol. The summed E-state index contributed by atoms with van der Waals surface area (Å²) in [6.07, 6.45) is 0. The molecule has 0 aliphatic carbocycles. The number of carbonyl (C=O) groups is 2. The number of hydrogen-bond acceptors (Lipinski definition) is 4. The van der Waals surface area contributed by atoms with Crippen molar-refractivity contribution in [1.82, 2.24) is 10.2 Å². The van der Waals surface area contributed by atoms with Gasteiger partial charge in [-0.3, -0.25) is 13.9 Å². The van der Waals surface area contributed by atoms with Gasteiger partial charge in [-0.1, -0.05) is 75.5 Å². The smallest absolute Gasteiger partial charge is 0.264 e. The molecule has 0 aliphatic heterocycles. The predicted molar refractivity (Wildman–Crippen MR) is 162 cm³/mol. The maximum Gasteiger partial charge on any atom is 0.264 e. The molecule has 3 aromatic rings. The van der Waals surface area contributed by atoms with Gasteiger partial charge in [-0.25, -0.2) is 8.42 Å². The van der Waals surface area contributed by atoms with Gasteiger partial charge >= 0.3 is 0 Å². The fourth-order valence-corrected chi connectivity index (χ4v) is 5.74. The van der Waals surface area contributed by atoms with Crippen LogP contribution in [-0.4, -0.2) is 44.3 Å². The Labute approximate surface area is 247 Å². The quantitative estimate of drug-likeness (QED) is 0.274. The van der Waals surface area contributed by atoms with E-state index in [4.69, 9.17) is 0 Å². The zero-order valence-electron chi connectivity index (χ0n) is 22.4. The van der Waals surface area contributed by atoms with Crippen LogP contribution in [0.5, 0.6) is 0 Å². The number of aryl methyl sites for hydroxylation is 1. The van der Waals surface area contributed by atoms with Gasteiger partial charge in [0.1, 0.15) is 12.6 Å². The molecule has 0 heterocycles. The van der Waals surface area contributed by atoms with Crippen LogP contribution < -0.4 is 9.62 Å². The third-order valence-electron chi connectivity index (χ3n) is 6.12. The molecular formula is C29H33Br2N3O4S. The molecule has 2 amide bonds. The summed E-state index contributed by atoms with van der Waals surface area (Å²) in [4.78, 5) is 28.4. The van der Waals surface area contributed by atoms with E-state index in [1.165, 1.54) is 17.0 Å². The van der Waals surface area contributed by atoms with Gasteiger partial charge in [-0.15, -0.1) is 0 Å². The molecule has 208 valence electrons. The third kappa shape index (κ3) is 8.40. The van der Waals surface area contributed by atoms with Crippen molar-refractivity contribution in [2.45, 2.75) is 45.2 Å². The van der Waals surface area contributed by atoms with Gasteiger partial charge in [0.25, 0.3) is 10.0 Å². The number of halogens is 2. The molecule has 0 fully saturated rings. The van der Waals surface area contributed by atoms with Gasteiger partial charge in [0, 0.05) is 22.0 Å². The van der Waals surface area contributed by atoms with Gasteiger partial charge < -0.3 is 10.2 Å². The molecule has 0 unspecified atom stereocenters. The number of nitrogens with zero attached hydrogens (tertiary/aromatic N) is 2. The molecule has 3 aromatic carbocycles. The van der Waals surface area contributed by atoms with E-state index >= 15 is 0 Å². The van der Waals surface area contributed by atoms with Crippen molar-refractivity contribution in [1.29, 1.82) is 0 Å². The summed E-state index contributed by atoms with van der Waals surface area (Å²) in [5, 5.41) is 2.89. The van der Waals surface area contributed by atoms with Crippen LogP contribution in [0.4, 0.5) is 5.69 Å². The highest BCUT2D eigenvalue weighted by molar-refractivity contribution is 9.10. The number of amides is 2. The molecule has 0 radical (unpaired) electrons. The second-order valence-corrected chi connectivity index (χ2v) is 13.5. The maximum atomic E-state index is 13.9. The van der Waals surface area contributed by atoms with Crippen LogP contribution in [0, 0.1) is 12.8 Å². The summed E-state index contributed by atoms with van der Waals surface area (Å²) in [6, 6.07) is 19.8. The summed E-state index contributed by atoms with van der Waals surface area (Å²) in [5.41, 5.74) is 2.07. The van der Waals surface area contributed by atoms with Crippen LogP contribution in [0.25, 0.3) is 0 Å². The van der Waals surface area contributed by atoms with Crippen molar-refractivity contribution in [2.24, 2.45) is 5.92 Å². The minimum Gasteiger partial charge on any atom is -0.354 e. The topological polar surface area (TPSA) is 86.8 Å². The Morgan fingerprint density at radius 1 is 0.846 bits per heavy atom. The Hall–Kier alpha value is -2.69. The first-order valence-corrected chi connectivity index (χ1v) is 15.6. The lowest BCUT2D eigenvalue weighted by atomic mass is 10.1. The average Bonchev–Trinajstić information content (AvgIpc) is 2.90. The van der Waals surface area contributed by atoms with E-state index < -0.39 is 28.5 Å². The molecular weight excluding hydrogens is 646 g/mol. The van der Waals surface area contributed by atoms with Crippen LogP contribution in [0.3, 0.4) is 0 Å². The molecule has 0 aliphatic rings. The van der Waals surface area contributed by atoms with Crippen molar-refractivity contribution < 1.29 is 18.0 Å². The Morgan fingerprint density at radius 2 is 1.38 bits per heavy atom. The molecule has 39 heavy (non-hydrogen) atoms. The standard InChI is InChI=1S/C29H33Br2N3O4S/c1-20(2)17-32-29(36)22(4)33(18-23-7-9-24(30)10-8-23)28(35)19-34(26-13-11-25(31)12-14-26)39(37,38)27-15-5-21(3)6-16-27/h5-16,20,22H,17-19H2,1-4H3,(H,32,36)/t22-/m1/s1. The largest absolute Gasteiger partial charge is 0.354 e. The number of anilines is 1. The minimum atomic E-state index is -4.09. The highest BCUT2D eigenvalue weighted by Crippen LogP contribution is 2.26. The van der Waals surface area contributed by atoms with Crippen LogP contribution in [0.2, 0.25) is 0 Å². The molecule has 10 heteroatoms. The van der Waals surface area contributed by atoms with Gasteiger partial charge in [0.15, 0.2) is 0 Å². The number of rotatable bonds is 11. The van der Waals surface area contributed by atoms with Crippen molar-refractivity contribution in [3.63, 3.8) is 0 Å². The first-order chi connectivity index (χ1) is 18.4. The van der Waals surface area contributed by atoms with Crippen LogP contribution in [0.15, 0.2) is 86.6 Å². The molecule has 7 nitrogen and oxygen atoms in total. The van der Waals surface area contributed by atoms with E-state index in [1.54, 1.807) is 43.3 Å². The van der Waals surface area contributed by atoms with E-state index in [1.807, 2.05) is 45.0 Å². The van der Waals surface area contributed by atoms with Gasteiger partial charge in [-0.05, 0) is 73.9 Å². The fourth-order valence-electron chi connectivity index (χ4n) is 3.80. The molecule has 0 aromatic heterocycles. The maximum absolute atomic E-state index is 13.9. The van der Waals surface area contributed by atoms with E-state index in [0.29, 0.717) is 12.2 Å². The molecule has 1 atom stereocenters. The summed E-state index contributed by atoms with van der Waals surface area (Å²) in [6.45, 7) is 7.64. The second kappa shape index (κ2) is 13.6. The van der Waals surface area contributed by atoms with Crippen molar-refractivity contribution in [3.05, 3.63) is 92.9 Å². The number of sulfonamides is 1. The van der Waals surface area contributed by atoms with E-state index in [2.05, 4.69) is 37.2 Å². The molecule has 0 saturated carbocycles. The Balaban J connectivity index is 2.00. The zero-order chi connectivity index (χ0) is 28.7. The van der Waals surface area contributed by atoms with Gasteiger partial charge in [-0.2, -0.15) is 0 Å². The Morgan fingerprint density at radius 3 is 1.92 bits per heavy atom. The summed E-state index contributed by atoms with van der Waals surface area (Å²) >= 11 is 6.80. The molecule has 3 rings (SSSR count). The van der Waals surface area contributed by atoms with Crippen molar-refractivity contribution >= 4 is 59.4 Å².